The van der Waals surface area contributed by atoms with Gasteiger partial charge in [-0.1, -0.05) is 35.5 Å². The largest absolute Gasteiger partial charge is 0.391 e. The molecule has 1 aliphatic rings. The van der Waals surface area contributed by atoms with Crippen LogP contribution in [0.1, 0.15) is 54.4 Å². The van der Waals surface area contributed by atoms with E-state index >= 15 is 0 Å². The lowest BCUT2D eigenvalue weighted by Gasteiger charge is -2.13. The zero-order valence-corrected chi connectivity index (χ0v) is 16.6. The number of benzene rings is 2. The number of aromatic nitrogens is 4. The lowest BCUT2D eigenvalue weighted by molar-refractivity contribution is 0.129. The summed E-state index contributed by atoms with van der Waals surface area (Å²) in [6.45, 7) is 1.82. The van der Waals surface area contributed by atoms with Crippen molar-refractivity contribution in [3.63, 3.8) is 0 Å². The number of hydrogen-bond acceptors (Lipinski definition) is 5. The van der Waals surface area contributed by atoms with Gasteiger partial charge in [-0.05, 0) is 59.4 Å². The van der Waals surface area contributed by atoms with Gasteiger partial charge in [0.2, 0.25) is 0 Å². The molecule has 1 saturated carbocycles. The summed E-state index contributed by atoms with van der Waals surface area (Å²) in [4.78, 5) is 17.9. The predicted molar refractivity (Wildman–Crippen MR) is 107 cm³/mol. The second-order valence-corrected chi connectivity index (χ2v) is 7.29. The molecule has 9 heteroatoms. The van der Waals surface area contributed by atoms with Crippen molar-refractivity contribution in [1.29, 1.82) is 0 Å². The van der Waals surface area contributed by atoms with E-state index in [4.69, 9.17) is 4.84 Å². The van der Waals surface area contributed by atoms with Crippen LogP contribution in [0.5, 0.6) is 0 Å². The molecule has 1 aliphatic carbocycles. The Labute approximate surface area is 171 Å². The Bertz CT molecular complexity index is 1150. The molecule has 30 heavy (non-hydrogen) atoms. The van der Waals surface area contributed by atoms with Gasteiger partial charge in [0.15, 0.2) is 0 Å². The highest BCUT2D eigenvalue weighted by Crippen LogP contribution is 2.43. The van der Waals surface area contributed by atoms with Crippen LogP contribution in [0.3, 0.4) is 0 Å². The Hall–Kier alpha value is -3.36. The van der Waals surface area contributed by atoms with Gasteiger partial charge >= 0.3 is 5.69 Å². The highest BCUT2D eigenvalue weighted by Gasteiger charge is 2.28. The van der Waals surface area contributed by atoms with Gasteiger partial charge in [-0.3, -0.25) is 0 Å². The maximum Gasteiger partial charge on any atom is 0.368 e. The number of halogens is 2. The van der Waals surface area contributed by atoms with E-state index in [1.54, 1.807) is 25.1 Å². The first-order valence-electron chi connectivity index (χ1n) is 9.62. The number of nitrogens with zero attached hydrogens (tertiary/aromatic N) is 5. The van der Waals surface area contributed by atoms with Crippen LogP contribution in [0, 0.1) is 0 Å². The standard InChI is InChI=1S/C21H21F2N5O2/c1-13(15-5-3-6-16(11-15)20(22)23)24-30-12-18-17(14-9-10-14)7-4-8-19(18)28-21(29)27(2)25-26-28/h3-8,11,14,20H,9-10,12H2,1-2H3/b24-13+. The quantitative estimate of drug-likeness (QED) is 0.437. The maximum atomic E-state index is 12.9. The van der Waals surface area contributed by atoms with Crippen LogP contribution in [0.15, 0.2) is 52.4 Å². The molecule has 0 aliphatic heterocycles. The fraction of sp³-hybridized carbons (Fsp3) is 0.333. The van der Waals surface area contributed by atoms with Crippen LogP contribution < -0.4 is 5.69 Å². The Morgan fingerprint density at radius 2 is 2.00 bits per heavy atom. The topological polar surface area (TPSA) is 74.3 Å². The van der Waals surface area contributed by atoms with Gasteiger partial charge in [0.1, 0.15) is 6.61 Å². The van der Waals surface area contributed by atoms with Gasteiger partial charge in [0, 0.05) is 18.2 Å². The molecule has 0 atom stereocenters. The monoisotopic (exact) mass is 413 g/mol. The van der Waals surface area contributed by atoms with Crippen molar-refractivity contribution in [2.24, 2.45) is 12.2 Å². The molecule has 7 nitrogen and oxygen atoms in total. The summed E-state index contributed by atoms with van der Waals surface area (Å²) in [6.07, 6.45) is -0.389. The van der Waals surface area contributed by atoms with E-state index in [0.717, 1.165) is 28.7 Å². The molecule has 0 amide bonds. The minimum Gasteiger partial charge on any atom is -0.391 e. The molecule has 0 bridgehead atoms. The van der Waals surface area contributed by atoms with Crippen LogP contribution in [0.4, 0.5) is 8.78 Å². The fourth-order valence-electron chi connectivity index (χ4n) is 3.34. The third kappa shape index (κ3) is 4.00. The Kier molecular flexibility index (Phi) is 5.43. The molecule has 1 heterocycles. The first-order chi connectivity index (χ1) is 14.5. The molecular formula is C21H21F2N5O2. The molecule has 0 N–H and O–H groups in total. The third-order valence-electron chi connectivity index (χ3n) is 5.12. The summed E-state index contributed by atoms with van der Waals surface area (Å²) in [5.41, 5.74) is 3.15. The van der Waals surface area contributed by atoms with Gasteiger partial charge in [0.05, 0.1) is 11.4 Å². The summed E-state index contributed by atoms with van der Waals surface area (Å²) >= 11 is 0. The predicted octanol–water partition coefficient (Wildman–Crippen LogP) is 3.72. The summed E-state index contributed by atoms with van der Waals surface area (Å²) < 4.78 is 28.3. The zero-order chi connectivity index (χ0) is 21.3. The van der Waals surface area contributed by atoms with Crippen LogP contribution >= 0.6 is 0 Å². The smallest absolute Gasteiger partial charge is 0.368 e. The normalized spacial score (nSPS) is 14.4. The second kappa shape index (κ2) is 8.17. The van der Waals surface area contributed by atoms with Crippen LogP contribution in [-0.4, -0.2) is 25.5 Å². The van der Waals surface area contributed by atoms with E-state index in [1.165, 1.54) is 23.9 Å². The van der Waals surface area contributed by atoms with E-state index in [0.29, 0.717) is 22.9 Å². The number of alkyl halides is 2. The first kappa shape index (κ1) is 19.9. The maximum absolute atomic E-state index is 12.9. The Morgan fingerprint density at radius 3 is 2.67 bits per heavy atom. The number of aryl methyl sites for hydroxylation is 1. The zero-order valence-electron chi connectivity index (χ0n) is 16.6. The van der Waals surface area contributed by atoms with Crippen molar-refractivity contribution < 1.29 is 13.6 Å². The Morgan fingerprint density at radius 1 is 1.23 bits per heavy atom. The lowest BCUT2D eigenvalue weighted by Crippen LogP contribution is -2.23. The summed E-state index contributed by atoms with van der Waals surface area (Å²) in [6, 6.07) is 11.7. The van der Waals surface area contributed by atoms with Crippen molar-refractivity contribution in [2.75, 3.05) is 0 Å². The van der Waals surface area contributed by atoms with Crippen molar-refractivity contribution in [3.8, 4) is 5.69 Å². The number of oxime groups is 1. The van der Waals surface area contributed by atoms with Crippen LogP contribution in [0.25, 0.3) is 5.69 Å². The number of tetrazole rings is 1. The molecule has 3 aromatic rings. The van der Waals surface area contributed by atoms with Gasteiger partial charge < -0.3 is 4.84 Å². The molecule has 2 aromatic carbocycles. The van der Waals surface area contributed by atoms with E-state index in [-0.39, 0.29) is 17.9 Å². The number of hydrogen-bond donors (Lipinski definition) is 0. The van der Waals surface area contributed by atoms with Crippen molar-refractivity contribution >= 4 is 5.71 Å². The van der Waals surface area contributed by atoms with E-state index < -0.39 is 6.43 Å². The minimum absolute atomic E-state index is 0.0644. The Balaban J connectivity index is 1.61. The first-order valence-corrected chi connectivity index (χ1v) is 9.62. The molecular weight excluding hydrogens is 392 g/mol. The summed E-state index contributed by atoms with van der Waals surface area (Å²) in [7, 11) is 1.54. The van der Waals surface area contributed by atoms with Crippen LogP contribution in [0.2, 0.25) is 0 Å². The molecule has 0 radical (unpaired) electrons. The third-order valence-corrected chi connectivity index (χ3v) is 5.12. The van der Waals surface area contributed by atoms with Gasteiger partial charge in [-0.15, -0.1) is 0 Å². The van der Waals surface area contributed by atoms with Crippen molar-refractivity contribution in [2.45, 2.75) is 38.7 Å². The average molecular weight is 413 g/mol. The molecule has 1 aromatic heterocycles. The van der Waals surface area contributed by atoms with E-state index in [1.807, 2.05) is 12.1 Å². The molecule has 0 unspecified atom stereocenters. The van der Waals surface area contributed by atoms with Gasteiger partial charge in [-0.2, -0.15) is 9.36 Å². The number of rotatable bonds is 7. The molecule has 1 fully saturated rings. The molecule has 4 rings (SSSR count). The van der Waals surface area contributed by atoms with Crippen molar-refractivity contribution in [1.82, 2.24) is 19.8 Å². The lowest BCUT2D eigenvalue weighted by atomic mass is 10.0. The highest BCUT2D eigenvalue weighted by molar-refractivity contribution is 5.98. The molecule has 156 valence electrons. The highest BCUT2D eigenvalue weighted by atomic mass is 19.3. The van der Waals surface area contributed by atoms with E-state index in [2.05, 4.69) is 15.6 Å². The van der Waals surface area contributed by atoms with Crippen LogP contribution in [-0.2, 0) is 18.5 Å². The summed E-state index contributed by atoms with van der Waals surface area (Å²) in [5.74, 6) is 0.420. The van der Waals surface area contributed by atoms with Gasteiger partial charge in [-0.25, -0.2) is 13.6 Å². The molecule has 0 saturated heterocycles. The fourth-order valence-corrected chi connectivity index (χ4v) is 3.34. The van der Waals surface area contributed by atoms with Crippen molar-refractivity contribution in [3.05, 3.63) is 75.2 Å². The van der Waals surface area contributed by atoms with E-state index in [9.17, 15) is 13.6 Å². The minimum atomic E-state index is -2.54. The van der Waals surface area contributed by atoms with Gasteiger partial charge in [0.25, 0.3) is 6.43 Å². The SMILES string of the molecule is C/C(=N\OCc1c(C2CC2)cccc1-n1nnn(C)c1=O)c1cccc(C(F)F)c1. The summed E-state index contributed by atoms with van der Waals surface area (Å²) in [5, 5.41) is 11.8. The molecule has 0 spiro atoms. The second-order valence-electron chi connectivity index (χ2n) is 7.29. The average Bonchev–Trinajstić information content (AvgIpc) is 3.54.